The van der Waals surface area contributed by atoms with E-state index in [1.807, 2.05) is 25.2 Å². The van der Waals surface area contributed by atoms with Gasteiger partial charge in [0.2, 0.25) is 0 Å². The second-order valence-corrected chi connectivity index (χ2v) is 3.02. The minimum Gasteiger partial charge on any atom is -0.381 e. The lowest BCUT2D eigenvalue weighted by Crippen LogP contribution is -2.15. The average Bonchev–Trinajstić information content (AvgIpc) is 2.89. The summed E-state index contributed by atoms with van der Waals surface area (Å²) < 4.78 is 0. The summed E-state index contributed by atoms with van der Waals surface area (Å²) in [6.45, 7) is 5.57. The van der Waals surface area contributed by atoms with Gasteiger partial charge in [-0.3, -0.25) is 0 Å². The number of H-pyrrole nitrogens is 1. The molecule has 0 radical (unpaired) electrons. The van der Waals surface area contributed by atoms with E-state index < -0.39 is 0 Å². The van der Waals surface area contributed by atoms with Crippen molar-refractivity contribution in [2.75, 3.05) is 7.05 Å². The summed E-state index contributed by atoms with van der Waals surface area (Å²) in [5.74, 6) is 5.99. The molecule has 0 saturated heterocycles. The van der Waals surface area contributed by atoms with Gasteiger partial charge in [-0.2, -0.15) is 5.10 Å². The van der Waals surface area contributed by atoms with Gasteiger partial charge in [-0.25, -0.2) is 4.98 Å². The van der Waals surface area contributed by atoms with E-state index in [1.165, 1.54) is 7.05 Å². The first kappa shape index (κ1) is 15.7. The number of hydrogen-bond acceptors (Lipinski definition) is 4. The molecule has 1 aromatic rings. The number of amidine groups is 1. The largest absolute Gasteiger partial charge is 0.381 e. The van der Waals surface area contributed by atoms with Crippen LogP contribution in [0, 0.1) is 0 Å². The smallest absolute Gasteiger partial charge is 0.168 e. The molecule has 1 aromatic heterocycles. The molecule has 0 bridgehead atoms. The van der Waals surface area contributed by atoms with Crippen LogP contribution < -0.4 is 17.3 Å². The van der Waals surface area contributed by atoms with E-state index in [4.69, 9.17) is 11.6 Å². The number of hydrazone groups is 1. The molecule has 0 aromatic carbocycles. The van der Waals surface area contributed by atoms with Gasteiger partial charge in [-0.15, -0.1) is 0 Å². The highest BCUT2D eigenvalue weighted by atomic mass is 15.2. The average molecular weight is 248 g/mol. The molecule has 6 heteroatoms. The minimum atomic E-state index is 0.220. The Labute approximate surface area is 107 Å². The molecule has 0 saturated carbocycles. The van der Waals surface area contributed by atoms with Crippen LogP contribution in [0.2, 0.25) is 0 Å². The van der Waals surface area contributed by atoms with Crippen molar-refractivity contribution in [3.8, 4) is 0 Å². The minimum absolute atomic E-state index is 0.220. The number of hydrogen-bond donors (Lipinski definition) is 4. The van der Waals surface area contributed by atoms with Crippen LogP contribution >= 0.6 is 0 Å². The number of allylic oxidation sites excluding steroid dienone is 5. The van der Waals surface area contributed by atoms with Gasteiger partial charge in [0.15, 0.2) is 5.84 Å². The molecule has 1 heterocycles. The van der Waals surface area contributed by atoms with Gasteiger partial charge < -0.3 is 22.3 Å². The lowest BCUT2D eigenvalue weighted by molar-refractivity contribution is 1.20. The number of nitrogens with two attached hydrogens (primary N) is 3. The van der Waals surface area contributed by atoms with Crippen LogP contribution in [-0.4, -0.2) is 22.9 Å². The Kier molecular flexibility index (Phi) is 7.63. The third kappa shape index (κ3) is 4.26. The van der Waals surface area contributed by atoms with Gasteiger partial charge in [0.25, 0.3) is 0 Å². The third-order valence-electron chi connectivity index (χ3n) is 1.91. The van der Waals surface area contributed by atoms with Crippen molar-refractivity contribution < 1.29 is 0 Å². The molecule has 0 unspecified atom stereocenters. The van der Waals surface area contributed by atoms with Gasteiger partial charge in [0, 0.05) is 5.57 Å². The highest BCUT2D eigenvalue weighted by molar-refractivity contribution is 5.95. The predicted molar refractivity (Wildman–Crippen MR) is 76.6 cm³/mol. The quantitative estimate of drug-likeness (QED) is 0.206. The van der Waals surface area contributed by atoms with Crippen LogP contribution in [0.25, 0.3) is 5.57 Å². The number of imidazole rings is 1. The molecular weight excluding hydrogens is 228 g/mol. The topological polar surface area (TPSA) is 119 Å². The maximum atomic E-state index is 5.55. The first-order chi connectivity index (χ1) is 8.72. The van der Waals surface area contributed by atoms with Crippen molar-refractivity contribution in [1.29, 1.82) is 0 Å². The molecule has 1 rings (SSSR count). The van der Waals surface area contributed by atoms with Crippen LogP contribution in [0.3, 0.4) is 0 Å². The fourth-order valence-corrected chi connectivity index (χ4v) is 1.19. The standard InChI is InChI=1S/C11H15N5.CH5N/c1-3-5-8(6-4-2)11-14-7-9(15-11)10(12)16-13;1-2/h3-7H,1,13H2,2H3,(H2,12,16)(H,14,15);2H2,1H3/b6-4-,8-5+;. The van der Waals surface area contributed by atoms with Crippen molar-refractivity contribution in [2.45, 2.75) is 6.92 Å². The summed E-state index contributed by atoms with van der Waals surface area (Å²) in [5.41, 5.74) is 11.6. The zero-order valence-corrected chi connectivity index (χ0v) is 10.7. The predicted octanol–water partition coefficient (Wildman–Crippen LogP) is 0.709. The summed E-state index contributed by atoms with van der Waals surface area (Å²) in [6, 6.07) is 0. The highest BCUT2D eigenvalue weighted by Gasteiger charge is 2.05. The third-order valence-corrected chi connectivity index (χ3v) is 1.91. The Balaban J connectivity index is 0.00000137. The number of nitrogens with one attached hydrogen (secondary N) is 1. The molecule has 98 valence electrons. The van der Waals surface area contributed by atoms with Gasteiger partial charge in [-0.1, -0.05) is 30.9 Å². The van der Waals surface area contributed by atoms with E-state index in [0.717, 1.165) is 5.57 Å². The molecule has 6 nitrogen and oxygen atoms in total. The molecule has 18 heavy (non-hydrogen) atoms. The van der Waals surface area contributed by atoms with Crippen LogP contribution in [0.1, 0.15) is 18.4 Å². The number of aromatic amines is 1. The molecule has 0 atom stereocenters. The summed E-state index contributed by atoms with van der Waals surface area (Å²) in [4.78, 5) is 7.20. The van der Waals surface area contributed by atoms with E-state index in [9.17, 15) is 0 Å². The molecule has 0 aliphatic heterocycles. The summed E-state index contributed by atoms with van der Waals surface area (Å²) in [6.07, 6.45) is 8.95. The van der Waals surface area contributed by atoms with Crippen molar-refractivity contribution in [3.63, 3.8) is 0 Å². The van der Waals surface area contributed by atoms with E-state index in [0.29, 0.717) is 11.5 Å². The number of nitrogens with zero attached hydrogens (tertiary/aromatic N) is 2. The second-order valence-electron chi connectivity index (χ2n) is 3.02. The van der Waals surface area contributed by atoms with Crippen molar-refractivity contribution in [2.24, 2.45) is 22.4 Å². The van der Waals surface area contributed by atoms with E-state index >= 15 is 0 Å². The molecule has 0 aliphatic rings. The second kappa shape index (κ2) is 8.77. The first-order valence-corrected chi connectivity index (χ1v) is 5.35. The molecule has 0 fully saturated rings. The van der Waals surface area contributed by atoms with Gasteiger partial charge in [0.05, 0.1) is 6.20 Å². The van der Waals surface area contributed by atoms with Crippen LogP contribution in [0.4, 0.5) is 0 Å². The molecule has 0 aliphatic carbocycles. The van der Waals surface area contributed by atoms with Crippen molar-refractivity contribution in [3.05, 3.63) is 48.6 Å². The van der Waals surface area contributed by atoms with Crippen molar-refractivity contribution >= 4 is 11.4 Å². The SMILES string of the molecule is C=C/C=C(\C=C/C)c1ncc(/C(N)=N/N)[nH]1.CN. The van der Waals surface area contributed by atoms with Gasteiger partial charge in [0.1, 0.15) is 11.5 Å². The van der Waals surface area contributed by atoms with Crippen LogP contribution in [-0.2, 0) is 0 Å². The zero-order valence-electron chi connectivity index (χ0n) is 10.7. The van der Waals surface area contributed by atoms with Gasteiger partial charge >= 0.3 is 0 Å². The maximum Gasteiger partial charge on any atom is 0.168 e. The Morgan fingerprint density at radius 2 is 2.17 bits per heavy atom. The lowest BCUT2D eigenvalue weighted by atomic mass is 10.2. The molecule has 0 spiro atoms. The number of aromatic nitrogens is 2. The molecular formula is C12H20N6. The Morgan fingerprint density at radius 1 is 1.50 bits per heavy atom. The monoisotopic (exact) mass is 248 g/mol. The van der Waals surface area contributed by atoms with Crippen LogP contribution in [0.5, 0.6) is 0 Å². The summed E-state index contributed by atoms with van der Waals surface area (Å²) >= 11 is 0. The Bertz CT molecular complexity index is 453. The fraction of sp³-hybridized carbons (Fsp3) is 0.167. The maximum absolute atomic E-state index is 5.55. The summed E-state index contributed by atoms with van der Waals surface area (Å²) in [5, 5.41) is 3.39. The normalized spacial score (nSPS) is 12.2. The van der Waals surface area contributed by atoms with E-state index in [1.54, 1.807) is 12.3 Å². The lowest BCUT2D eigenvalue weighted by Gasteiger charge is -1.96. The Morgan fingerprint density at radius 3 is 2.67 bits per heavy atom. The van der Waals surface area contributed by atoms with Crippen LogP contribution in [0.15, 0.2) is 42.2 Å². The van der Waals surface area contributed by atoms with Crippen molar-refractivity contribution in [1.82, 2.24) is 9.97 Å². The first-order valence-electron chi connectivity index (χ1n) is 5.35. The molecule has 0 amide bonds. The Hall–Kier alpha value is -2.34. The molecule has 7 N–H and O–H groups in total. The van der Waals surface area contributed by atoms with E-state index in [2.05, 4.69) is 27.4 Å². The summed E-state index contributed by atoms with van der Waals surface area (Å²) in [7, 11) is 1.50. The highest BCUT2D eigenvalue weighted by Crippen LogP contribution is 2.12. The zero-order chi connectivity index (χ0) is 14.0. The fourth-order valence-electron chi connectivity index (χ4n) is 1.19. The van der Waals surface area contributed by atoms with E-state index in [-0.39, 0.29) is 5.84 Å². The number of rotatable bonds is 4. The van der Waals surface area contributed by atoms with Gasteiger partial charge in [-0.05, 0) is 14.0 Å².